The third-order valence-corrected chi connectivity index (χ3v) is 3.75. The Bertz CT molecular complexity index is 714. The molecule has 7 heteroatoms. The summed E-state index contributed by atoms with van der Waals surface area (Å²) in [6.45, 7) is 1.57. The van der Waals surface area contributed by atoms with E-state index in [1.54, 1.807) is 18.2 Å². The fourth-order valence-electron chi connectivity index (χ4n) is 2.32. The number of hydrogen-bond acceptors (Lipinski definition) is 4. The predicted molar refractivity (Wildman–Crippen MR) is 86.0 cm³/mol. The van der Waals surface area contributed by atoms with E-state index < -0.39 is 0 Å². The lowest BCUT2D eigenvalue weighted by atomic mass is 10.2. The molecule has 1 fully saturated rings. The Morgan fingerprint density at radius 3 is 2.82 bits per heavy atom. The van der Waals surface area contributed by atoms with E-state index in [0.717, 1.165) is 5.69 Å². The van der Waals surface area contributed by atoms with Crippen LogP contribution in [-0.4, -0.2) is 31.4 Å². The first-order valence-electron chi connectivity index (χ1n) is 6.81. The van der Waals surface area contributed by atoms with Crippen LogP contribution in [0.5, 0.6) is 0 Å². The van der Waals surface area contributed by atoms with Gasteiger partial charge in [0.25, 0.3) is 5.91 Å². The van der Waals surface area contributed by atoms with Gasteiger partial charge in [-0.15, -0.1) is 0 Å². The molecule has 1 aromatic heterocycles. The van der Waals surface area contributed by atoms with Crippen LogP contribution in [0, 0.1) is 0 Å². The van der Waals surface area contributed by atoms with Crippen molar-refractivity contribution in [3.63, 3.8) is 0 Å². The topological polar surface area (TPSA) is 74.6 Å². The number of nitrogens with zero attached hydrogens (tertiary/aromatic N) is 1. The largest absolute Gasteiger partial charge is 0.444 e. The number of nitrogens with one attached hydrogen (secondary N) is 2. The number of piperazine rings is 1. The third-order valence-electron chi connectivity index (χ3n) is 3.33. The van der Waals surface area contributed by atoms with Crippen LogP contribution in [-0.2, 0) is 4.79 Å². The summed E-state index contributed by atoms with van der Waals surface area (Å²) in [7, 11) is 0. The van der Waals surface area contributed by atoms with E-state index in [-0.39, 0.29) is 24.1 Å². The van der Waals surface area contributed by atoms with Crippen molar-refractivity contribution in [1.29, 1.82) is 0 Å². The zero-order valence-electron chi connectivity index (χ0n) is 11.6. The Kier molecular flexibility index (Phi) is 4.15. The lowest BCUT2D eigenvalue weighted by Crippen LogP contribution is -2.47. The van der Waals surface area contributed by atoms with Gasteiger partial charge in [-0.2, -0.15) is 0 Å². The van der Waals surface area contributed by atoms with E-state index in [1.165, 1.54) is 0 Å². The minimum atomic E-state index is -0.334. The van der Waals surface area contributed by atoms with Crippen molar-refractivity contribution < 1.29 is 14.0 Å². The van der Waals surface area contributed by atoms with Crippen LogP contribution in [0.4, 0.5) is 11.4 Å². The van der Waals surface area contributed by atoms with Crippen LogP contribution in [0.3, 0.4) is 0 Å². The van der Waals surface area contributed by atoms with Gasteiger partial charge in [0.15, 0.2) is 10.4 Å². The van der Waals surface area contributed by atoms with Gasteiger partial charge >= 0.3 is 0 Å². The number of benzene rings is 1. The maximum Gasteiger partial charge on any atom is 0.291 e. The molecule has 1 aliphatic heterocycles. The summed E-state index contributed by atoms with van der Waals surface area (Å²) < 4.78 is 5.75. The van der Waals surface area contributed by atoms with Crippen LogP contribution in [0.15, 0.2) is 45.5 Å². The van der Waals surface area contributed by atoms with E-state index in [4.69, 9.17) is 4.42 Å². The number of hydrogen-bond donors (Lipinski definition) is 2. The van der Waals surface area contributed by atoms with Crippen LogP contribution < -0.4 is 15.5 Å². The summed E-state index contributed by atoms with van der Waals surface area (Å²) in [6, 6.07) is 10.7. The molecule has 0 saturated carbocycles. The van der Waals surface area contributed by atoms with Gasteiger partial charge in [-0.05, 0) is 40.2 Å². The maximum atomic E-state index is 12.2. The molecule has 2 N–H and O–H groups in total. The third kappa shape index (κ3) is 3.14. The number of furan rings is 1. The molecule has 2 heterocycles. The second kappa shape index (κ2) is 6.23. The van der Waals surface area contributed by atoms with Gasteiger partial charge in [-0.1, -0.05) is 12.1 Å². The highest BCUT2D eigenvalue weighted by Crippen LogP contribution is 2.27. The lowest BCUT2D eigenvalue weighted by molar-refractivity contribution is -0.120. The Hall–Kier alpha value is -2.28. The first kappa shape index (κ1) is 14.6. The number of rotatable bonds is 3. The highest BCUT2D eigenvalue weighted by molar-refractivity contribution is 9.10. The maximum absolute atomic E-state index is 12.2. The number of halogens is 1. The molecule has 1 aromatic carbocycles. The molecule has 114 valence electrons. The van der Waals surface area contributed by atoms with E-state index in [2.05, 4.69) is 26.6 Å². The zero-order valence-corrected chi connectivity index (χ0v) is 13.2. The molecule has 0 bridgehead atoms. The molecule has 0 atom stereocenters. The van der Waals surface area contributed by atoms with Gasteiger partial charge in [0, 0.05) is 13.1 Å². The van der Waals surface area contributed by atoms with Gasteiger partial charge in [-0.3, -0.25) is 9.59 Å². The molecule has 22 heavy (non-hydrogen) atoms. The molecule has 3 rings (SSSR count). The highest BCUT2D eigenvalue weighted by Gasteiger charge is 2.20. The lowest BCUT2D eigenvalue weighted by Gasteiger charge is -2.30. The molecule has 2 amide bonds. The molecule has 2 aromatic rings. The molecular formula is C15H14BrN3O3. The smallest absolute Gasteiger partial charge is 0.291 e. The molecule has 0 radical (unpaired) electrons. The molecule has 0 unspecified atom stereocenters. The van der Waals surface area contributed by atoms with Crippen molar-refractivity contribution >= 4 is 39.1 Å². The van der Waals surface area contributed by atoms with Crippen molar-refractivity contribution in [2.45, 2.75) is 0 Å². The molecule has 1 aliphatic rings. The molecule has 0 aliphatic carbocycles. The van der Waals surface area contributed by atoms with Crippen LogP contribution in [0.2, 0.25) is 0 Å². The first-order valence-corrected chi connectivity index (χ1v) is 7.60. The van der Waals surface area contributed by atoms with Gasteiger partial charge in [0.2, 0.25) is 5.91 Å². The Balaban J connectivity index is 1.82. The fraction of sp³-hybridized carbons (Fsp3) is 0.200. The standard InChI is InChI=1S/C15H14BrN3O3/c16-13-6-5-12(22-13)15(21)18-10-3-1-2-4-11(10)19-8-7-17-14(20)9-19/h1-6H,7-9H2,(H,17,20)(H,18,21). The summed E-state index contributed by atoms with van der Waals surface area (Å²) in [4.78, 5) is 25.7. The summed E-state index contributed by atoms with van der Waals surface area (Å²) in [5.74, 6) is -0.139. The SMILES string of the molecule is O=C1CN(c2ccccc2NC(=O)c2ccc(Br)o2)CCN1. The Morgan fingerprint density at radius 2 is 2.09 bits per heavy atom. The molecular weight excluding hydrogens is 350 g/mol. The van der Waals surface area contributed by atoms with Crippen molar-refractivity contribution in [1.82, 2.24) is 5.32 Å². The van der Waals surface area contributed by atoms with E-state index in [9.17, 15) is 9.59 Å². The molecule has 0 spiro atoms. The monoisotopic (exact) mass is 363 g/mol. The molecule has 1 saturated heterocycles. The Morgan fingerprint density at radius 1 is 1.27 bits per heavy atom. The minimum absolute atomic E-state index is 0.0256. The van der Waals surface area contributed by atoms with E-state index in [1.807, 2.05) is 23.1 Å². The average molecular weight is 364 g/mol. The second-order valence-corrected chi connectivity index (χ2v) is 5.63. The highest BCUT2D eigenvalue weighted by atomic mass is 79.9. The summed E-state index contributed by atoms with van der Waals surface area (Å²) in [5, 5.41) is 5.61. The van der Waals surface area contributed by atoms with Gasteiger partial charge in [0.05, 0.1) is 17.9 Å². The van der Waals surface area contributed by atoms with Crippen molar-refractivity contribution in [2.75, 3.05) is 29.9 Å². The van der Waals surface area contributed by atoms with Gasteiger partial charge in [0.1, 0.15) is 0 Å². The van der Waals surface area contributed by atoms with Crippen molar-refractivity contribution in [3.8, 4) is 0 Å². The number of amides is 2. The second-order valence-electron chi connectivity index (χ2n) is 4.85. The van der Waals surface area contributed by atoms with Crippen LogP contribution in [0.25, 0.3) is 0 Å². The quantitative estimate of drug-likeness (QED) is 0.876. The zero-order chi connectivity index (χ0) is 15.5. The first-order chi connectivity index (χ1) is 10.6. The summed E-state index contributed by atoms with van der Waals surface area (Å²) >= 11 is 3.17. The number of anilines is 2. The summed E-state index contributed by atoms with van der Waals surface area (Å²) in [5.41, 5.74) is 1.46. The number of carbonyl (C=O) groups excluding carboxylic acids is 2. The predicted octanol–water partition coefficient (Wildman–Crippen LogP) is 2.23. The van der Waals surface area contributed by atoms with Crippen LogP contribution >= 0.6 is 15.9 Å². The number of para-hydroxylation sites is 2. The van der Waals surface area contributed by atoms with Crippen molar-refractivity contribution in [3.05, 3.63) is 46.8 Å². The Labute approximate surface area is 135 Å². The van der Waals surface area contributed by atoms with Gasteiger partial charge < -0.3 is 20.0 Å². The summed E-state index contributed by atoms with van der Waals surface area (Å²) in [6.07, 6.45) is 0. The minimum Gasteiger partial charge on any atom is -0.444 e. The van der Waals surface area contributed by atoms with E-state index >= 15 is 0 Å². The van der Waals surface area contributed by atoms with Gasteiger partial charge in [-0.25, -0.2) is 0 Å². The number of carbonyl (C=O) groups is 2. The molecule has 6 nitrogen and oxygen atoms in total. The average Bonchev–Trinajstić information content (AvgIpc) is 2.94. The van der Waals surface area contributed by atoms with Crippen molar-refractivity contribution in [2.24, 2.45) is 0 Å². The fourth-order valence-corrected chi connectivity index (χ4v) is 2.63. The van der Waals surface area contributed by atoms with Crippen LogP contribution in [0.1, 0.15) is 10.6 Å². The normalized spacial score (nSPS) is 14.6. The van der Waals surface area contributed by atoms with E-state index in [0.29, 0.717) is 23.4 Å².